The molecule has 1 fully saturated rings. The number of ether oxygens (including phenoxy) is 1. The Morgan fingerprint density at radius 3 is 2.53 bits per heavy atom. The molecular weight excluding hydrogens is 452 g/mol. The zero-order chi connectivity index (χ0) is 24.0. The molecule has 4 rings (SSSR count). The number of aliphatic hydroxyl groups excluding tert-OH is 1. The zero-order valence-electron chi connectivity index (χ0n) is 19.4. The summed E-state index contributed by atoms with van der Waals surface area (Å²) < 4.78 is 36.6. The predicted molar refractivity (Wildman–Crippen MR) is 130 cm³/mol. The second-order valence-electron chi connectivity index (χ2n) is 8.69. The highest BCUT2D eigenvalue weighted by Crippen LogP contribution is 2.25. The van der Waals surface area contributed by atoms with E-state index in [-0.39, 0.29) is 17.6 Å². The van der Waals surface area contributed by atoms with Crippen molar-refractivity contribution in [1.29, 1.82) is 0 Å². The van der Waals surface area contributed by atoms with Gasteiger partial charge in [0.15, 0.2) is 0 Å². The van der Waals surface area contributed by atoms with Crippen LogP contribution in [0, 0.1) is 0 Å². The van der Waals surface area contributed by atoms with Gasteiger partial charge < -0.3 is 9.84 Å². The van der Waals surface area contributed by atoms with Crippen LogP contribution in [0.3, 0.4) is 0 Å². The lowest BCUT2D eigenvalue weighted by Crippen LogP contribution is -2.50. The molecule has 2 aromatic carbocycles. The van der Waals surface area contributed by atoms with Crippen LogP contribution in [-0.2, 0) is 27.7 Å². The van der Waals surface area contributed by atoms with Crippen molar-refractivity contribution in [3.05, 3.63) is 66.5 Å². The Bertz CT molecular complexity index is 1150. The van der Waals surface area contributed by atoms with Gasteiger partial charge in [-0.05, 0) is 48.9 Å². The van der Waals surface area contributed by atoms with Crippen molar-refractivity contribution in [2.24, 2.45) is 0 Å². The highest BCUT2D eigenvalue weighted by Gasteiger charge is 2.34. The van der Waals surface area contributed by atoms with Gasteiger partial charge in [0.05, 0.1) is 35.4 Å². The third-order valence-corrected chi connectivity index (χ3v) is 7.65. The van der Waals surface area contributed by atoms with Crippen LogP contribution in [0.25, 0.3) is 11.1 Å². The summed E-state index contributed by atoms with van der Waals surface area (Å²) in [5, 5.41) is 18.2. The number of aromatic nitrogens is 3. The van der Waals surface area contributed by atoms with Crippen LogP contribution in [0.4, 0.5) is 0 Å². The van der Waals surface area contributed by atoms with Gasteiger partial charge in [-0.15, -0.1) is 5.10 Å². The van der Waals surface area contributed by atoms with Gasteiger partial charge in [-0.1, -0.05) is 61.0 Å². The standard InChI is InChI=1S/C25H32N4O4S/c1-2-6-21-17-29(28-26-21)16-15-22-11-14-24(25(18-30)33-22)27-34(31,32)23-12-9-20(10-13-23)19-7-4-3-5-8-19/h3-5,7-10,12-13,17,22,24-25,27,30H,2,6,11,14-16,18H2,1H3/t22-,24+,25-/m0/s1. The summed E-state index contributed by atoms with van der Waals surface area (Å²) in [6.45, 7) is 2.53. The Labute approximate surface area is 201 Å². The lowest BCUT2D eigenvalue weighted by molar-refractivity contribution is -0.0891. The van der Waals surface area contributed by atoms with E-state index in [4.69, 9.17) is 4.74 Å². The molecule has 0 spiro atoms. The number of nitrogens with zero attached hydrogens (tertiary/aromatic N) is 3. The summed E-state index contributed by atoms with van der Waals surface area (Å²) in [7, 11) is -3.74. The van der Waals surface area contributed by atoms with Gasteiger partial charge in [0.2, 0.25) is 10.0 Å². The maximum absolute atomic E-state index is 13.0. The lowest BCUT2D eigenvalue weighted by Gasteiger charge is -2.36. The number of rotatable bonds is 10. The fourth-order valence-corrected chi connectivity index (χ4v) is 5.60. The molecule has 9 heteroatoms. The Morgan fingerprint density at radius 2 is 1.82 bits per heavy atom. The van der Waals surface area contributed by atoms with Gasteiger partial charge in [-0.25, -0.2) is 13.1 Å². The van der Waals surface area contributed by atoms with Crippen LogP contribution in [0.5, 0.6) is 0 Å². The molecule has 0 unspecified atom stereocenters. The minimum absolute atomic E-state index is 0.0677. The summed E-state index contributed by atoms with van der Waals surface area (Å²) >= 11 is 0. The number of hydrogen-bond donors (Lipinski definition) is 2. The molecule has 8 nitrogen and oxygen atoms in total. The van der Waals surface area contributed by atoms with Gasteiger partial charge in [0, 0.05) is 12.7 Å². The predicted octanol–water partition coefficient (Wildman–Crippen LogP) is 3.17. The van der Waals surface area contributed by atoms with Crippen LogP contribution in [0.2, 0.25) is 0 Å². The number of aryl methyl sites for hydroxylation is 2. The minimum atomic E-state index is -3.74. The average Bonchev–Trinajstić information content (AvgIpc) is 3.31. The molecule has 2 N–H and O–H groups in total. The Balaban J connectivity index is 1.34. The van der Waals surface area contributed by atoms with Gasteiger partial charge in [0.1, 0.15) is 0 Å². The maximum atomic E-state index is 13.0. The number of hydrogen-bond acceptors (Lipinski definition) is 6. The van der Waals surface area contributed by atoms with E-state index in [1.165, 1.54) is 0 Å². The molecule has 3 atom stereocenters. The first-order valence-corrected chi connectivity index (χ1v) is 13.3. The summed E-state index contributed by atoms with van der Waals surface area (Å²) in [4.78, 5) is 0.195. The van der Waals surface area contributed by atoms with E-state index in [0.29, 0.717) is 19.4 Å². The summed E-state index contributed by atoms with van der Waals surface area (Å²) in [5.41, 5.74) is 2.95. The van der Waals surface area contributed by atoms with Crippen LogP contribution in [0.15, 0.2) is 65.7 Å². The van der Waals surface area contributed by atoms with E-state index in [1.807, 2.05) is 41.2 Å². The normalized spacial score (nSPS) is 20.9. The van der Waals surface area contributed by atoms with E-state index in [9.17, 15) is 13.5 Å². The second-order valence-corrected chi connectivity index (χ2v) is 10.4. The molecule has 34 heavy (non-hydrogen) atoms. The number of aliphatic hydroxyl groups is 1. The van der Waals surface area contributed by atoms with Crippen molar-refractivity contribution >= 4 is 10.0 Å². The quantitative estimate of drug-likeness (QED) is 0.458. The van der Waals surface area contributed by atoms with Crippen molar-refractivity contribution in [3.63, 3.8) is 0 Å². The Morgan fingerprint density at radius 1 is 1.09 bits per heavy atom. The molecule has 2 heterocycles. The van der Waals surface area contributed by atoms with Gasteiger partial charge in [-0.3, -0.25) is 4.68 Å². The van der Waals surface area contributed by atoms with Crippen molar-refractivity contribution < 1.29 is 18.3 Å². The van der Waals surface area contributed by atoms with E-state index in [1.54, 1.807) is 24.3 Å². The molecular formula is C25H32N4O4S. The molecule has 1 aliphatic rings. The summed E-state index contributed by atoms with van der Waals surface area (Å²) in [5.74, 6) is 0. The van der Waals surface area contributed by atoms with Gasteiger partial charge in [-0.2, -0.15) is 0 Å². The monoisotopic (exact) mass is 484 g/mol. The first-order chi connectivity index (χ1) is 16.5. The molecule has 1 aromatic heterocycles. The Hall–Kier alpha value is -2.59. The topological polar surface area (TPSA) is 106 Å². The molecule has 1 saturated heterocycles. The van der Waals surface area contributed by atoms with E-state index < -0.39 is 22.2 Å². The van der Waals surface area contributed by atoms with Crippen molar-refractivity contribution in [1.82, 2.24) is 19.7 Å². The molecule has 1 aliphatic heterocycles. The largest absolute Gasteiger partial charge is 0.394 e. The van der Waals surface area contributed by atoms with Gasteiger partial charge >= 0.3 is 0 Å². The third kappa shape index (κ3) is 6.09. The Kier molecular flexibility index (Phi) is 8.10. The maximum Gasteiger partial charge on any atom is 0.240 e. The molecule has 3 aromatic rings. The average molecular weight is 485 g/mol. The van der Waals surface area contributed by atoms with Crippen molar-refractivity contribution in [2.45, 2.75) is 68.7 Å². The van der Waals surface area contributed by atoms with E-state index >= 15 is 0 Å². The fraction of sp³-hybridized carbons (Fsp3) is 0.440. The fourth-order valence-electron chi connectivity index (χ4n) is 4.30. The van der Waals surface area contributed by atoms with Crippen LogP contribution in [0.1, 0.15) is 38.3 Å². The number of benzene rings is 2. The SMILES string of the molecule is CCCc1cn(CC[C@@H]2CC[C@@H](NS(=O)(=O)c3ccc(-c4ccccc4)cc3)[C@H](CO)O2)nn1. The first-order valence-electron chi connectivity index (χ1n) is 11.8. The third-order valence-electron chi connectivity index (χ3n) is 6.15. The second kappa shape index (κ2) is 11.2. The molecule has 0 bridgehead atoms. The molecule has 0 aliphatic carbocycles. The van der Waals surface area contributed by atoms with Crippen molar-refractivity contribution in [3.8, 4) is 11.1 Å². The molecule has 0 amide bonds. The van der Waals surface area contributed by atoms with E-state index in [0.717, 1.165) is 36.1 Å². The summed E-state index contributed by atoms with van der Waals surface area (Å²) in [6, 6.07) is 16.1. The van der Waals surface area contributed by atoms with Crippen LogP contribution < -0.4 is 4.72 Å². The van der Waals surface area contributed by atoms with Crippen LogP contribution >= 0.6 is 0 Å². The highest BCUT2D eigenvalue weighted by atomic mass is 32.2. The first kappa shape index (κ1) is 24.5. The smallest absolute Gasteiger partial charge is 0.240 e. The highest BCUT2D eigenvalue weighted by molar-refractivity contribution is 7.89. The van der Waals surface area contributed by atoms with Gasteiger partial charge in [0.25, 0.3) is 0 Å². The van der Waals surface area contributed by atoms with E-state index in [2.05, 4.69) is 22.0 Å². The summed E-state index contributed by atoms with van der Waals surface area (Å²) in [6.07, 6.45) is 5.25. The van der Waals surface area contributed by atoms with Crippen LogP contribution in [-0.4, -0.2) is 53.4 Å². The number of sulfonamides is 1. The molecule has 0 radical (unpaired) electrons. The lowest BCUT2D eigenvalue weighted by atomic mass is 9.98. The minimum Gasteiger partial charge on any atom is -0.394 e. The number of nitrogens with one attached hydrogen (secondary N) is 1. The van der Waals surface area contributed by atoms with Crippen molar-refractivity contribution in [2.75, 3.05) is 6.61 Å². The molecule has 0 saturated carbocycles. The zero-order valence-corrected chi connectivity index (χ0v) is 20.2. The molecule has 182 valence electrons.